The van der Waals surface area contributed by atoms with E-state index >= 15 is 4.39 Å². The van der Waals surface area contributed by atoms with Crippen LogP contribution in [0.4, 0.5) is 10.3 Å². The molecule has 0 spiro atoms. The van der Waals surface area contributed by atoms with E-state index in [2.05, 4.69) is 29.2 Å². The number of halogens is 2. The number of hydrogen-bond acceptors (Lipinski definition) is 6. The molecule has 4 aromatic rings. The Morgan fingerprint density at radius 2 is 1.85 bits per heavy atom. The van der Waals surface area contributed by atoms with Crippen molar-refractivity contribution >= 4 is 39.2 Å². The van der Waals surface area contributed by atoms with E-state index in [1.54, 1.807) is 18.2 Å². The molecule has 0 unspecified atom stereocenters. The molecule has 0 bridgehead atoms. The van der Waals surface area contributed by atoms with Crippen LogP contribution >= 0.6 is 11.6 Å². The average molecular weight is 478 g/mol. The second-order valence-corrected chi connectivity index (χ2v) is 9.85. The second-order valence-electron chi connectivity index (χ2n) is 9.44. The third-order valence-electron chi connectivity index (χ3n) is 7.06. The van der Waals surface area contributed by atoms with E-state index in [0.717, 1.165) is 42.6 Å². The highest BCUT2D eigenvalue weighted by Gasteiger charge is 2.33. The van der Waals surface area contributed by atoms with Crippen LogP contribution in [0.2, 0.25) is 5.02 Å². The van der Waals surface area contributed by atoms with Gasteiger partial charge < -0.3 is 20.2 Å². The van der Waals surface area contributed by atoms with Gasteiger partial charge in [-0.2, -0.15) is 0 Å². The number of likely N-dealkylation sites (N-methyl/N-ethyl adjacent to an activating group) is 1. The minimum atomic E-state index is -0.486. The summed E-state index contributed by atoms with van der Waals surface area (Å²) in [5, 5.41) is 16.2. The lowest BCUT2D eigenvalue weighted by atomic mass is 9.92. The molecule has 0 radical (unpaired) electrons. The van der Waals surface area contributed by atoms with Crippen molar-refractivity contribution in [1.82, 2.24) is 20.2 Å². The zero-order valence-corrected chi connectivity index (χ0v) is 19.8. The van der Waals surface area contributed by atoms with Crippen LogP contribution in [0.3, 0.4) is 0 Å². The van der Waals surface area contributed by atoms with Crippen LogP contribution in [0.15, 0.2) is 42.5 Å². The van der Waals surface area contributed by atoms with Crippen molar-refractivity contribution in [2.75, 3.05) is 45.2 Å². The Hall–Kier alpha value is -3.00. The average Bonchev–Trinajstić information content (AvgIpc) is 2.72. The molecule has 2 saturated heterocycles. The first-order valence-corrected chi connectivity index (χ1v) is 11.8. The van der Waals surface area contributed by atoms with Gasteiger partial charge in [-0.25, -0.2) is 14.4 Å². The summed E-state index contributed by atoms with van der Waals surface area (Å²) < 4.78 is 16.3. The first kappa shape index (κ1) is 21.5. The minimum absolute atomic E-state index is 0.0594. The van der Waals surface area contributed by atoms with Gasteiger partial charge in [-0.05, 0) is 48.6 Å². The second kappa shape index (κ2) is 8.05. The Balaban J connectivity index is 1.57. The molecule has 34 heavy (non-hydrogen) atoms. The molecule has 1 aromatic heterocycles. The number of phenolic OH excluding ortho intramolecular Hbond substituents is 1. The summed E-state index contributed by atoms with van der Waals surface area (Å²) in [5.41, 5.74) is 1.90. The quantitative estimate of drug-likeness (QED) is 0.454. The summed E-state index contributed by atoms with van der Waals surface area (Å²) in [5.74, 6) is 0.322. The van der Waals surface area contributed by atoms with E-state index < -0.39 is 5.82 Å². The molecule has 0 atom stereocenters. The van der Waals surface area contributed by atoms with E-state index in [1.165, 1.54) is 0 Å². The molecule has 6 nitrogen and oxygen atoms in total. The number of fused-ring (bicyclic) bond motifs is 2. The summed E-state index contributed by atoms with van der Waals surface area (Å²) in [6.07, 6.45) is 0. The maximum absolute atomic E-state index is 16.3. The number of phenols is 1. The highest BCUT2D eigenvalue weighted by Crippen LogP contribution is 2.42. The Bertz CT molecular complexity index is 1430. The van der Waals surface area contributed by atoms with Crippen LogP contribution in [0, 0.1) is 5.82 Å². The molecule has 0 saturated carbocycles. The highest BCUT2D eigenvalue weighted by molar-refractivity contribution is 6.34. The van der Waals surface area contributed by atoms with Crippen molar-refractivity contribution in [2.24, 2.45) is 0 Å². The van der Waals surface area contributed by atoms with Crippen molar-refractivity contribution in [2.45, 2.75) is 12.0 Å². The number of nitrogens with one attached hydrogen (secondary N) is 1. The van der Waals surface area contributed by atoms with Gasteiger partial charge in [0.25, 0.3) is 0 Å². The number of nitrogens with zero attached hydrogens (tertiary/aromatic N) is 4. The minimum Gasteiger partial charge on any atom is -0.508 e. The van der Waals surface area contributed by atoms with Gasteiger partial charge in [0, 0.05) is 49.1 Å². The first-order chi connectivity index (χ1) is 16.4. The fourth-order valence-electron chi connectivity index (χ4n) is 4.83. The van der Waals surface area contributed by atoms with Crippen molar-refractivity contribution in [3.8, 4) is 16.9 Å². The number of rotatable bonds is 4. The zero-order valence-electron chi connectivity index (χ0n) is 19.0. The van der Waals surface area contributed by atoms with Gasteiger partial charge in [0.2, 0.25) is 5.95 Å². The molecular formula is C26H25ClFN5O. The van der Waals surface area contributed by atoms with Crippen LogP contribution in [-0.2, 0) is 0 Å². The molecular weight excluding hydrogens is 453 g/mol. The predicted molar refractivity (Wildman–Crippen MR) is 134 cm³/mol. The molecule has 0 amide bonds. The number of hydrogen-bond donors (Lipinski definition) is 2. The van der Waals surface area contributed by atoms with Gasteiger partial charge in [0.1, 0.15) is 11.3 Å². The fraction of sp³-hybridized carbons (Fsp3) is 0.308. The molecule has 3 heterocycles. The largest absolute Gasteiger partial charge is 0.508 e. The van der Waals surface area contributed by atoms with E-state index in [9.17, 15) is 5.11 Å². The van der Waals surface area contributed by atoms with Crippen molar-refractivity contribution in [1.29, 1.82) is 0 Å². The fourth-order valence-corrected chi connectivity index (χ4v) is 5.13. The topological polar surface area (TPSA) is 64.5 Å². The van der Waals surface area contributed by atoms with Gasteiger partial charge in [0.15, 0.2) is 5.82 Å². The number of anilines is 1. The first-order valence-electron chi connectivity index (χ1n) is 11.4. The van der Waals surface area contributed by atoms with E-state index in [4.69, 9.17) is 21.6 Å². The summed E-state index contributed by atoms with van der Waals surface area (Å²) in [6.45, 7) is 3.20. The van der Waals surface area contributed by atoms with Crippen LogP contribution in [0.1, 0.15) is 11.6 Å². The van der Waals surface area contributed by atoms with Crippen LogP contribution in [0.5, 0.6) is 5.75 Å². The summed E-state index contributed by atoms with van der Waals surface area (Å²) in [6, 6.07) is 13.0. The van der Waals surface area contributed by atoms with E-state index in [-0.39, 0.29) is 27.8 Å². The van der Waals surface area contributed by atoms with Crippen molar-refractivity contribution < 1.29 is 9.50 Å². The maximum Gasteiger partial charge on any atom is 0.226 e. The summed E-state index contributed by atoms with van der Waals surface area (Å²) >= 11 is 6.72. The number of aromatic hydroxyl groups is 1. The molecule has 2 aliphatic rings. The lowest BCUT2D eigenvalue weighted by molar-refractivity contribution is 0.245. The molecule has 8 heteroatoms. The van der Waals surface area contributed by atoms with Gasteiger partial charge in [-0.3, -0.25) is 0 Å². The third kappa shape index (κ3) is 3.38. The van der Waals surface area contributed by atoms with Gasteiger partial charge in [0.05, 0.1) is 10.7 Å². The monoisotopic (exact) mass is 477 g/mol. The molecule has 174 valence electrons. The smallest absolute Gasteiger partial charge is 0.226 e. The van der Waals surface area contributed by atoms with Crippen LogP contribution in [-0.4, -0.2) is 66.3 Å². The third-order valence-corrected chi connectivity index (χ3v) is 7.36. The molecule has 2 N–H and O–H groups in total. The molecule has 3 aromatic carbocycles. The Labute approximate surface area is 202 Å². The van der Waals surface area contributed by atoms with Crippen LogP contribution < -0.4 is 10.2 Å². The zero-order chi connectivity index (χ0) is 23.6. The summed E-state index contributed by atoms with van der Waals surface area (Å²) in [7, 11) is 4.12. The van der Waals surface area contributed by atoms with E-state index in [0.29, 0.717) is 22.9 Å². The SMILES string of the molecule is CN(C)C1CN(c2nc(C3CNC3)c3cc(Cl)c(-c4cc(O)cc5ccccc45)c(F)c3n2)C1. The normalized spacial score (nSPS) is 16.9. The van der Waals surface area contributed by atoms with Gasteiger partial charge >= 0.3 is 0 Å². The lowest BCUT2D eigenvalue weighted by Crippen LogP contribution is -2.58. The maximum atomic E-state index is 16.3. The van der Waals surface area contributed by atoms with Crippen molar-refractivity contribution in [3.05, 3.63) is 59.0 Å². The molecule has 6 rings (SSSR count). The van der Waals surface area contributed by atoms with Gasteiger partial charge in [-0.15, -0.1) is 0 Å². The van der Waals surface area contributed by atoms with Gasteiger partial charge in [-0.1, -0.05) is 35.9 Å². The number of aromatic nitrogens is 2. The highest BCUT2D eigenvalue weighted by atomic mass is 35.5. The number of benzene rings is 3. The van der Waals surface area contributed by atoms with Crippen LogP contribution in [0.25, 0.3) is 32.8 Å². The molecule has 0 aliphatic carbocycles. The molecule has 2 aliphatic heterocycles. The standard InChI is InChI=1S/C26H25ClFN5O/c1-32(2)16-12-33(13-16)26-30-24(15-10-29-11-15)20-9-21(27)22(23(28)25(20)31-26)19-8-17(34)7-14-5-3-4-6-18(14)19/h3-9,15-16,29,34H,10-13H2,1-2H3. The lowest BCUT2D eigenvalue weighted by Gasteiger charge is -2.43. The van der Waals surface area contributed by atoms with Crippen molar-refractivity contribution in [3.63, 3.8) is 0 Å². The molecule has 2 fully saturated rings. The van der Waals surface area contributed by atoms with E-state index in [1.807, 2.05) is 24.3 Å². The Morgan fingerprint density at radius 3 is 2.56 bits per heavy atom. The Morgan fingerprint density at radius 1 is 1.09 bits per heavy atom. The predicted octanol–water partition coefficient (Wildman–Crippen LogP) is 4.39. The Kier molecular flexibility index (Phi) is 5.09. The summed E-state index contributed by atoms with van der Waals surface area (Å²) in [4.78, 5) is 13.9.